The lowest BCUT2D eigenvalue weighted by molar-refractivity contribution is -0.128. The minimum Gasteiger partial charge on any atom is -0.329 e. The van der Waals surface area contributed by atoms with E-state index in [1.165, 1.54) is 24.3 Å². The number of allylic oxidation sites excluding steroid dienone is 14. The maximum absolute atomic E-state index is 11.2. The zero-order chi connectivity index (χ0) is 77.6. The number of carbonyl (C=O) groups is 10. The smallest absolute Gasteiger partial charge is 0.240 e. The van der Waals surface area contributed by atoms with Gasteiger partial charge < -0.3 is 30.7 Å². The molecule has 4 amide bonds. The number of carbonyl (C=O) groups excluding carboxylic acids is 10. The predicted octanol–water partition coefficient (Wildman–Crippen LogP) is 5.52. The van der Waals surface area contributed by atoms with Gasteiger partial charge in [-0.1, -0.05) is 166 Å². The average molecular weight is 1510 g/mol. The second-order valence-corrected chi connectivity index (χ2v) is 40.9. The van der Waals surface area contributed by atoms with E-state index in [4.69, 9.17) is 0 Å². The normalized spacial score (nSPS) is 22.2. The van der Waals surface area contributed by atoms with Gasteiger partial charge in [-0.3, -0.25) is 61.6 Å². The number of amides is 4. The number of hydrogen-bond donors (Lipinski definition) is 8. The Morgan fingerprint density at radius 1 is 0.303 bits per heavy atom. The van der Waals surface area contributed by atoms with Crippen LogP contribution < -0.4 is 40.2 Å². The zero-order valence-electron chi connectivity index (χ0n) is 61.5. The molecule has 8 N–H and O–H groups in total. The van der Waals surface area contributed by atoms with Crippen molar-refractivity contribution in [3.63, 3.8) is 0 Å². The minimum absolute atomic E-state index is 0.0143. The molecular formula is C66H104N8O19S6. The van der Waals surface area contributed by atoms with Crippen LogP contribution in [0.5, 0.6) is 0 Å². The zero-order valence-corrected chi connectivity index (χ0v) is 66.4. The van der Waals surface area contributed by atoms with Crippen molar-refractivity contribution in [1.29, 1.82) is 0 Å². The Kier molecular flexibility index (Phi) is 31.7. The van der Waals surface area contributed by atoms with Crippen molar-refractivity contribution in [3.8, 4) is 0 Å². The Morgan fingerprint density at radius 2 is 0.576 bits per heavy atom. The first-order valence-electron chi connectivity index (χ1n) is 31.1. The van der Waals surface area contributed by atoms with E-state index < -0.39 is 85.8 Å². The molecule has 0 saturated heterocycles. The van der Waals surface area contributed by atoms with Crippen molar-refractivity contribution in [3.05, 3.63) is 92.8 Å². The highest BCUT2D eigenvalue weighted by atomic mass is 32.2. The van der Waals surface area contributed by atoms with Crippen LogP contribution in [0, 0.1) is 43.3 Å². The predicted molar refractivity (Wildman–Crippen MR) is 385 cm³/mol. The van der Waals surface area contributed by atoms with Gasteiger partial charge in [-0.25, -0.2) is 33.7 Å². The summed E-state index contributed by atoms with van der Waals surface area (Å²) in [6.07, 6.45) is 8.81. The quantitative estimate of drug-likeness (QED) is 0.138. The van der Waals surface area contributed by atoms with Crippen LogP contribution in [0.25, 0.3) is 0 Å². The molecule has 0 aromatic heterocycles. The van der Waals surface area contributed by atoms with Gasteiger partial charge in [0.25, 0.3) is 0 Å². The van der Waals surface area contributed by atoms with E-state index in [0.717, 1.165) is 22.5 Å². The Labute approximate surface area is 592 Å². The highest BCUT2D eigenvalue weighted by molar-refractivity contribution is 7.95. The van der Waals surface area contributed by atoms with E-state index in [9.17, 15) is 85.8 Å². The molecule has 0 fully saturated rings. The number of nitrogens with one attached hydrogen (secondary N) is 8. The molecule has 8 aliphatic heterocycles. The minimum atomic E-state index is -3.43. The number of rotatable bonds is 0. The van der Waals surface area contributed by atoms with Crippen LogP contribution in [0.2, 0.25) is 0 Å². The molecule has 8 aliphatic rings. The molecule has 0 saturated carbocycles. The van der Waals surface area contributed by atoms with E-state index in [0.29, 0.717) is 28.5 Å². The molecule has 8 heterocycles. The van der Waals surface area contributed by atoms with Gasteiger partial charge in [0, 0.05) is 131 Å². The Morgan fingerprint density at radius 3 is 0.828 bits per heavy atom. The van der Waals surface area contributed by atoms with E-state index in [1.807, 2.05) is 166 Å². The molecule has 3 atom stereocenters. The molecule has 0 aromatic rings. The molecule has 8 rings (SSSR count). The van der Waals surface area contributed by atoms with Gasteiger partial charge in [-0.05, 0) is 0 Å². The summed E-state index contributed by atoms with van der Waals surface area (Å²) in [5.74, 6) is -3.08. The van der Waals surface area contributed by atoms with Gasteiger partial charge in [0.15, 0.2) is 44.5 Å². The van der Waals surface area contributed by atoms with Crippen molar-refractivity contribution >= 4 is 121 Å². The molecule has 0 aromatic carbocycles. The van der Waals surface area contributed by atoms with Crippen LogP contribution in [0.4, 0.5) is 0 Å². The number of sulfone groups is 1. The molecule has 0 spiro atoms. The third kappa shape index (κ3) is 35.5. The Hall–Kier alpha value is -6.68. The van der Waals surface area contributed by atoms with Crippen LogP contribution in [0.15, 0.2) is 92.8 Å². The van der Waals surface area contributed by atoms with Crippen LogP contribution in [0.1, 0.15) is 179 Å². The maximum atomic E-state index is 11.2. The van der Waals surface area contributed by atoms with Gasteiger partial charge in [0.1, 0.15) is 56.5 Å². The number of hydrogen-bond acceptors (Lipinski definition) is 19. The topological polar surface area (TPSA) is 421 Å². The summed E-state index contributed by atoms with van der Waals surface area (Å²) in [5, 5.41) is 13.4. The summed E-state index contributed by atoms with van der Waals surface area (Å²) >= 11 is 0. The second kappa shape index (κ2) is 34.8. The van der Waals surface area contributed by atoms with E-state index >= 15 is 0 Å². The number of ketones is 6. The highest BCUT2D eigenvalue weighted by Gasteiger charge is 2.33. The first kappa shape index (κ1) is 90.3. The van der Waals surface area contributed by atoms with Gasteiger partial charge >= 0.3 is 0 Å². The molecule has 0 bridgehead atoms. The van der Waals surface area contributed by atoms with Crippen LogP contribution >= 0.6 is 0 Å². The Bertz CT molecular complexity index is 3490. The molecule has 27 nitrogen and oxygen atoms in total. The first-order chi connectivity index (χ1) is 44.1. The van der Waals surface area contributed by atoms with Crippen LogP contribution in [-0.2, 0) is 111 Å². The Balaban J connectivity index is 0.000000566. The summed E-state index contributed by atoms with van der Waals surface area (Å²) in [4.78, 5) is 110. The van der Waals surface area contributed by atoms with Gasteiger partial charge in [0.2, 0.25) is 43.7 Å². The third-order valence-corrected chi connectivity index (χ3v) is 20.1. The maximum Gasteiger partial charge on any atom is 0.240 e. The molecule has 558 valence electrons. The monoisotopic (exact) mass is 1500 g/mol. The lowest BCUT2D eigenvalue weighted by Crippen LogP contribution is -2.38. The van der Waals surface area contributed by atoms with Crippen molar-refractivity contribution in [2.75, 3.05) is 34.5 Å². The molecule has 33 heteroatoms. The van der Waals surface area contributed by atoms with Crippen molar-refractivity contribution in [2.45, 2.75) is 179 Å². The van der Waals surface area contributed by atoms with E-state index in [2.05, 4.69) is 40.2 Å². The largest absolute Gasteiger partial charge is 0.329 e. The first-order valence-corrected chi connectivity index (χ1v) is 40.2. The van der Waals surface area contributed by atoms with E-state index in [1.54, 1.807) is 17.6 Å². The molecule has 0 radical (unpaired) electrons. The van der Waals surface area contributed by atoms with Crippen molar-refractivity contribution < 1.29 is 85.8 Å². The average Bonchev–Trinajstić information content (AvgIpc) is 0.842. The highest BCUT2D eigenvalue weighted by Crippen LogP contribution is 2.31. The summed E-state index contributed by atoms with van der Waals surface area (Å²) in [6, 6.07) is 0. The van der Waals surface area contributed by atoms with Gasteiger partial charge in [-0.2, -0.15) is 0 Å². The lowest BCUT2D eigenvalue weighted by Gasteiger charge is -2.26. The summed E-state index contributed by atoms with van der Waals surface area (Å²) in [6.45, 7) is 46.1. The van der Waals surface area contributed by atoms with Gasteiger partial charge in [-0.15, -0.1) is 0 Å². The molecule has 0 aliphatic carbocycles. The standard InChI is InChI=1S/2C9H13NO2.3C8H13NO3S.3C8H13NO2S/c2*1-9(2,3)7-4-6(11)5-8(12)10-7;1-8(2,3)6-4-13(11,12)5-7(10)9-6;2*1-8(2,3)7-4-6(10)5-13(11,12)9-7;1-8(2,3)6-4-12(11)5-7(10)9-6;2*1-8(2,3)7-4-6(10)5-12(11)9-7/h2*4H,5H2,1-3H3,(H,10,12);4H,5H2,1-3H3,(H,9,10);2*4,9H,5H2,1-3H3;4H,5H2,1-3H3,(H,9,10);2*4,9H,5H2,1-3H3. The molecule has 99 heavy (non-hydrogen) atoms. The van der Waals surface area contributed by atoms with Crippen molar-refractivity contribution in [1.82, 2.24) is 40.2 Å². The number of sulfonamides is 2. The fourth-order valence-electron chi connectivity index (χ4n) is 7.64. The summed E-state index contributed by atoms with van der Waals surface area (Å²) in [5.41, 5.74) is 3.34. The molecular weight excluding hydrogens is 1400 g/mol. The van der Waals surface area contributed by atoms with Crippen LogP contribution in [-0.4, -0.2) is 131 Å². The van der Waals surface area contributed by atoms with E-state index in [-0.39, 0.29) is 126 Å². The van der Waals surface area contributed by atoms with Gasteiger partial charge in [0.05, 0.1) is 29.0 Å². The fourth-order valence-corrected chi connectivity index (χ4v) is 14.5. The lowest BCUT2D eigenvalue weighted by atomic mass is 9.89. The van der Waals surface area contributed by atoms with Crippen molar-refractivity contribution in [2.24, 2.45) is 43.3 Å². The summed E-state index contributed by atoms with van der Waals surface area (Å²) in [7, 11) is -13.8. The van der Waals surface area contributed by atoms with Crippen LogP contribution in [0.3, 0.4) is 0 Å². The SMILES string of the molecule is CC(C)(C)C1=CC(=O)CC(=O)N1.CC(C)(C)C1=CC(=O)CC(=O)N1.CC(C)(C)C1=CC(=O)CS(=O)(=O)N1.CC(C)(C)C1=CC(=O)CS(=O)(=O)N1.CC(C)(C)C1=CC(=O)CS(=O)N1.CC(C)(C)C1=CC(=O)CS(=O)N1.CC(C)(C)C1=CS(=O)(=O)CC(=O)N1.CC(C)(C)C1=CS(=O)CC(=O)N1. The third-order valence-electron chi connectivity index (χ3n) is 13.4. The molecule has 3 unspecified atom stereocenters. The summed E-state index contributed by atoms with van der Waals surface area (Å²) < 4.78 is 111. The second-order valence-electron chi connectivity index (χ2n) is 32.0. The fraction of sp³-hybridized carbons (Fsp3) is 0.606.